The van der Waals surface area contributed by atoms with Crippen LogP contribution in [0.2, 0.25) is 0 Å². The Labute approximate surface area is 105 Å². The SMILES string of the molecule is CC(F)(F)COC(=O)C1(C)CC(C(C)(C)C)=NO1. The number of ether oxygens (including phenoxy) is 1. The van der Waals surface area contributed by atoms with E-state index < -0.39 is 24.1 Å². The van der Waals surface area contributed by atoms with Crippen LogP contribution in [0, 0.1) is 5.41 Å². The van der Waals surface area contributed by atoms with Crippen LogP contribution < -0.4 is 0 Å². The minimum Gasteiger partial charge on any atom is -0.456 e. The Bertz CT molecular complexity index is 368. The molecule has 0 spiro atoms. The van der Waals surface area contributed by atoms with Gasteiger partial charge in [0.25, 0.3) is 5.92 Å². The summed E-state index contributed by atoms with van der Waals surface area (Å²) in [5.74, 6) is -3.86. The summed E-state index contributed by atoms with van der Waals surface area (Å²) in [7, 11) is 0. The maximum atomic E-state index is 12.6. The van der Waals surface area contributed by atoms with Crippen LogP contribution in [0.1, 0.15) is 41.0 Å². The summed E-state index contributed by atoms with van der Waals surface area (Å²) in [6.45, 7) is 7.04. The van der Waals surface area contributed by atoms with E-state index in [0.717, 1.165) is 0 Å². The topological polar surface area (TPSA) is 47.9 Å². The van der Waals surface area contributed by atoms with Gasteiger partial charge in [-0.25, -0.2) is 13.6 Å². The van der Waals surface area contributed by atoms with Gasteiger partial charge in [0.2, 0.25) is 5.60 Å². The number of carbonyl (C=O) groups excluding carboxylic acids is 1. The van der Waals surface area contributed by atoms with E-state index in [1.54, 1.807) is 0 Å². The summed E-state index contributed by atoms with van der Waals surface area (Å²) in [5.41, 5.74) is -0.814. The molecule has 1 unspecified atom stereocenters. The van der Waals surface area contributed by atoms with Crippen molar-refractivity contribution in [3.63, 3.8) is 0 Å². The van der Waals surface area contributed by atoms with E-state index in [1.165, 1.54) is 6.92 Å². The molecule has 0 saturated heterocycles. The number of rotatable bonds is 3. The number of hydrogen-bond acceptors (Lipinski definition) is 4. The molecule has 0 N–H and O–H groups in total. The largest absolute Gasteiger partial charge is 0.456 e. The summed E-state index contributed by atoms with van der Waals surface area (Å²) in [4.78, 5) is 16.8. The molecule has 0 aromatic rings. The molecule has 1 rings (SSSR count). The molecule has 0 radical (unpaired) electrons. The third kappa shape index (κ3) is 3.65. The number of halogens is 2. The zero-order valence-electron chi connectivity index (χ0n) is 11.3. The van der Waals surface area contributed by atoms with Crippen molar-refractivity contribution >= 4 is 11.7 Å². The molecule has 0 aliphatic carbocycles. The van der Waals surface area contributed by atoms with Crippen LogP contribution in [0.4, 0.5) is 8.78 Å². The molecule has 0 aromatic carbocycles. The van der Waals surface area contributed by atoms with Crippen molar-refractivity contribution in [2.75, 3.05) is 6.61 Å². The fraction of sp³-hybridized carbons (Fsp3) is 0.833. The molecule has 1 aliphatic rings. The summed E-state index contributed by atoms with van der Waals surface area (Å²) < 4.78 is 29.8. The van der Waals surface area contributed by atoms with Crippen molar-refractivity contribution in [3.05, 3.63) is 0 Å². The lowest BCUT2D eigenvalue weighted by molar-refractivity contribution is -0.176. The molecular weight excluding hydrogens is 244 g/mol. The van der Waals surface area contributed by atoms with Crippen LogP contribution in [0.25, 0.3) is 0 Å². The third-order valence-corrected chi connectivity index (χ3v) is 2.62. The first-order chi connectivity index (χ1) is 7.94. The summed E-state index contributed by atoms with van der Waals surface area (Å²) in [6.07, 6.45) is 0.255. The van der Waals surface area contributed by atoms with Crippen LogP contribution in [-0.4, -0.2) is 29.8 Å². The number of alkyl halides is 2. The van der Waals surface area contributed by atoms with Gasteiger partial charge in [-0.05, 0) is 6.92 Å². The highest BCUT2D eigenvalue weighted by Gasteiger charge is 2.46. The van der Waals surface area contributed by atoms with Crippen molar-refractivity contribution in [3.8, 4) is 0 Å². The van der Waals surface area contributed by atoms with Crippen LogP contribution in [-0.2, 0) is 14.4 Å². The van der Waals surface area contributed by atoms with Gasteiger partial charge in [0.15, 0.2) is 6.61 Å². The van der Waals surface area contributed by atoms with E-state index in [9.17, 15) is 13.6 Å². The Morgan fingerprint density at radius 3 is 2.39 bits per heavy atom. The monoisotopic (exact) mass is 263 g/mol. The van der Waals surface area contributed by atoms with Crippen LogP contribution in [0.15, 0.2) is 5.16 Å². The predicted molar refractivity (Wildman–Crippen MR) is 62.6 cm³/mol. The van der Waals surface area contributed by atoms with E-state index in [0.29, 0.717) is 12.6 Å². The minimum absolute atomic E-state index is 0.229. The molecule has 4 nitrogen and oxygen atoms in total. The maximum Gasteiger partial charge on any atom is 0.353 e. The lowest BCUT2D eigenvalue weighted by atomic mass is 9.84. The van der Waals surface area contributed by atoms with Crippen molar-refractivity contribution in [1.82, 2.24) is 0 Å². The second-order valence-electron chi connectivity index (χ2n) is 5.93. The Morgan fingerprint density at radius 1 is 1.44 bits per heavy atom. The summed E-state index contributed by atoms with van der Waals surface area (Å²) >= 11 is 0. The zero-order valence-corrected chi connectivity index (χ0v) is 11.3. The molecule has 1 heterocycles. The summed E-state index contributed by atoms with van der Waals surface area (Å²) in [6, 6.07) is 0. The normalized spacial score (nSPS) is 24.5. The van der Waals surface area contributed by atoms with Gasteiger partial charge in [-0.15, -0.1) is 0 Å². The number of esters is 1. The van der Waals surface area contributed by atoms with Gasteiger partial charge in [0.1, 0.15) is 0 Å². The molecule has 0 bridgehead atoms. The van der Waals surface area contributed by atoms with Gasteiger partial charge in [-0.3, -0.25) is 0 Å². The average Bonchev–Trinajstić information content (AvgIpc) is 2.57. The second-order valence-corrected chi connectivity index (χ2v) is 5.93. The van der Waals surface area contributed by atoms with E-state index in [4.69, 9.17) is 4.84 Å². The summed E-state index contributed by atoms with van der Waals surface area (Å²) in [5, 5.41) is 3.85. The molecule has 0 aromatic heterocycles. The Kier molecular flexibility index (Phi) is 3.70. The second kappa shape index (κ2) is 4.48. The molecule has 1 aliphatic heterocycles. The quantitative estimate of drug-likeness (QED) is 0.735. The first kappa shape index (κ1) is 14.9. The fourth-order valence-electron chi connectivity index (χ4n) is 1.40. The predicted octanol–water partition coefficient (Wildman–Crippen LogP) is 2.77. The van der Waals surface area contributed by atoms with E-state index in [2.05, 4.69) is 9.89 Å². The number of carbonyl (C=O) groups is 1. The Balaban J connectivity index is 2.61. The number of nitrogens with zero attached hydrogens (tertiary/aromatic N) is 1. The fourth-order valence-corrected chi connectivity index (χ4v) is 1.40. The Morgan fingerprint density at radius 2 is 2.00 bits per heavy atom. The molecule has 18 heavy (non-hydrogen) atoms. The number of oxime groups is 1. The van der Waals surface area contributed by atoms with Gasteiger partial charge in [-0.2, -0.15) is 0 Å². The molecule has 0 saturated carbocycles. The first-order valence-electron chi connectivity index (χ1n) is 5.75. The first-order valence-corrected chi connectivity index (χ1v) is 5.75. The Hall–Kier alpha value is -1.20. The third-order valence-electron chi connectivity index (χ3n) is 2.62. The van der Waals surface area contributed by atoms with Gasteiger partial charge in [0, 0.05) is 18.8 Å². The maximum absolute atomic E-state index is 12.6. The zero-order chi connectivity index (χ0) is 14.2. The van der Waals surface area contributed by atoms with E-state index in [1.807, 2.05) is 20.8 Å². The van der Waals surface area contributed by atoms with Gasteiger partial charge in [-0.1, -0.05) is 25.9 Å². The highest BCUT2D eigenvalue weighted by molar-refractivity contribution is 5.96. The van der Waals surface area contributed by atoms with Crippen LogP contribution >= 0.6 is 0 Å². The van der Waals surface area contributed by atoms with E-state index >= 15 is 0 Å². The van der Waals surface area contributed by atoms with Gasteiger partial charge in [0.05, 0.1) is 5.71 Å². The molecule has 6 heteroatoms. The molecule has 0 amide bonds. The van der Waals surface area contributed by atoms with Crippen LogP contribution in [0.5, 0.6) is 0 Å². The molecule has 1 atom stereocenters. The van der Waals surface area contributed by atoms with Gasteiger partial charge < -0.3 is 9.57 Å². The molecular formula is C12H19F2NO3. The highest BCUT2D eigenvalue weighted by atomic mass is 19.3. The van der Waals surface area contributed by atoms with Crippen LogP contribution in [0.3, 0.4) is 0 Å². The minimum atomic E-state index is -3.04. The average molecular weight is 263 g/mol. The standard InChI is InChI=1S/C12H19F2NO3/c1-10(2,3)8-6-11(4,18-15-8)9(16)17-7-12(5,13)14/h6-7H2,1-5H3. The van der Waals surface area contributed by atoms with E-state index in [-0.39, 0.29) is 11.8 Å². The molecule has 104 valence electrons. The van der Waals surface area contributed by atoms with Crippen molar-refractivity contribution in [2.45, 2.75) is 52.6 Å². The van der Waals surface area contributed by atoms with Crippen molar-refractivity contribution in [1.29, 1.82) is 0 Å². The highest BCUT2D eigenvalue weighted by Crippen LogP contribution is 2.32. The smallest absolute Gasteiger partial charge is 0.353 e. The molecule has 0 fully saturated rings. The van der Waals surface area contributed by atoms with Crippen molar-refractivity contribution in [2.24, 2.45) is 10.6 Å². The number of hydrogen-bond donors (Lipinski definition) is 0. The van der Waals surface area contributed by atoms with Gasteiger partial charge >= 0.3 is 5.97 Å². The van der Waals surface area contributed by atoms with Crippen molar-refractivity contribution < 1.29 is 23.1 Å². The lowest BCUT2D eigenvalue weighted by Crippen LogP contribution is -2.40. The lowest BCUT2D eigenvalue weighted by Gasteiger charge is -2.22.